The Morgan fingerprint density at radius 2 is 1.14 bits per heavy atom. The summed E-state index contributed by atoms with van der Waals surface area (Å²) in [6, 6.07) is 23.1. The van der Waals surface area contributed by atoms with Gasteiger partial charge in [0.2, 0.25) is 5.69 Å². The van der Waals surface area contributed by atoms with Crippen molar-refractivity contribution in [3.8, 4) is 0 Å². The minimum atomic E-state index is 0. The van der Waals surface area contributed by atoms with Crippen molar-refractivity contribution in [3.63, 3.8) is 0 Å². The van der Waals surface area contributed by atoms with Gasteiger partial charge in [-0.25, -0.2) is 4.99 Å². The van der Waals surface area contributed by atoms with Crippen molar-refractivity contribution in [2.45, 2.75) is 113 Å². The van der Waals surface area contributed by atoms with Crippen molar-refractivity contribution < 1.29 is 14.5 Å². The first-order valence-corrected chi connectivity index (χ1v) is 18.0. The van der Waals surface area contributed by atoms with Gasteiger partial charge in [0, 0.05) is 32.3 Å². The number of unbranched alkanes of at least 4 members (excludes halogenated alkanes) is 1. The van der Waals surface area contributed by atoms with E-state index in [0.717, 1.165) is 35.5 Å². The Labute approximate surface area is 322 Å². The molecule has 0 radical (unpaired) electrons. The van der Waals surface area contributed by atoms with E-state index in [0.29, 0.717) is 42.6 Å². The van der Waals surface area contributed by atoms with Crippen LogP contribution >= 0.6 is 0 Å². The Balaban J connectivity index is 0.00000104. The molecule has 0 atom stereocenters. The third kappa shape index (κ3) is 16.9. The Morgan fingerprint density at radius 3 is 1.54 bits per heavy atom. The molecule has 3 rings (SSSR count). The Bertz CT molecular complexity index is 1400. The van der Waals surface area contributed by atoms with E-state index in [1.54, 1.807) is 14.2 Å². The maximum absolute atomic E-state index is 7.68. The molecular weight excluding hydrogens is 627 g/mol. The van der Waals surface area contributed by atoms with E-state index < -0.39 is 0 Å². The third-order valence-corrected chi connectivity index (χ3v) is 7.96. The maximum Gasteiger partial charge on any atom is 2.00 e. The standard InChI is InChI=1S/C29H41N2.C11H14N.C4H10O2.Mg/c1-18(2)24-13-11-14-25(19(3)4)28(24)30-22(9)17-23(10)31-29-26(20(5)6)15-12-16-27(29)21(7)8;1-2-3-9-11(12)10-7-5-4-6-8-10;1-5-3-4-6-2;/h11-21H,1-10H3;4-9,12H,2-3H2,1H3;3-4H2,1-2H3;/q2*-1;;+2/p+1/b22-17-,31-23?;11-9-;;. The van der Waals surface area contributed by atoms with E-state index in [2.05, 4.69) is 133 Å². The second-order valence-corrected chi connectivity index (χ2v) is 13.7. The summed E-state index contributed by atoms with van der Waals surface area (Å²) in [6.07, 6.45) is 6.24. The smallest absolute Gasteiger partial charge is 0.698 e. The second kappa shape index (κ2) is 26.0. The van der Waals surface area contributed by atoms with Gasteiger partial charge in [0.05, 0.1) is 13.2 Å². The van der Waals surface area contributed by atoms with Gasteiger partial charge in [0.15, 0.2) is 5.71 Å². The zero-order valence-electron chi connectivity index (χ0n) is 33.6. The first kappa shape index (κ1) is 47.1. The fourth-order valence-electron chi connectivity index (χ4n) is 5.28. The summed E-state index contributed by atoms with van der Waals surface area (Å²) < 4.78 is 9.31. The van der Waals surface area contributed by atoms with Gasteiger partial charge in [-0.1, -0.05) is 160 Å². The first-order valence-electron chi connectivity index (χ1n) is 18.0. The molecule has 0 saturated heterocycles. The average Bonchev–Trinajstić information content (AvgIpc) is 3.06. The molecular formula is C44H66MgN3O2+. The second-order valence-electron chi connectivity index (χ2n) is 13.7. The van der Waals surface area contributed by atoms with Gasteiger partial charge < -0.3 is 20.5 Å². The van der Waals surface area contributed by atoms with Crippen LogP contribution in [0.4, 0.5) is 11.4 Å². The van der Waals surface area contributed by atoms with Crippen LogP contribution in [-0.2, 0) is 9.47 Å². The van der Waals surface area contributed by atoms with Crippen LogP contribution in [0.1, 0.15) is 140 Å². The van der Waals surface area contributed by atoms with Gasteiger partial charge in [-0.2, -0.15) is 5.70 Å². The van der Waals surface area contributed by atoms with Crippen molar-refractivity contribution >= 4 is 45.8 Å². The molecule has 0 aliphatic rings. The molecule has 0 aromatic heterocycles. The number of ether oxygens (including phenoxy) is 2. The van der Waals surface area contributed by atoms with Crippen molar-refractivity contribution in [3.05, 3.63) is 123 Å². The van der Waals surface area contributed by atoms with Crippen molar-refractivity contribution in [1.82, 2.24) is 0 Å². The topological polar surface area (TPSA) is 70.3 Å². The predicted molar refractivity (Wildman–Crippen MR) is 220 cm³/mol. The molecule has 0 aliphatic carbocycles. The fraction of sp³-hybridized carbons (Fsp3) is 0.477. The quantitative estimate of drug-likeness (QED) is 0.104. The monoisotopic (exact) mass is 692 g/mol. The molecule has 5 nitrogen and oxygen atoms in total. The zero-order chi connectivity index (χ0) is 36.9. The van der Waals surface area contributed by atoms with E-state index >= 15 is 0 Å². The molecule has 0 spiro atoms. The number of nitrogens with one attached hydrogen (secondary N) is 2. The molecule has 270 valence electrons. The van der Waals surface area contributed by atoms with Gasteiger partial charge in [0.25, 0.3) is 0 Å². The van der Waals surface area contributed by atoms with Crippen LogP contribution in [-0.4, -0.2) is 56.2 Å². The summed E-state index contributed by atoms with van der Waals surface area (Å²) in [5.41, 5.74) is 19.2. The zero-order valence-corrected chi connectivity index (χ0v) is 35.0. The molecule has 0 bridgehead atoms. The Morgan fingerprint density at radius 1 is 0.700 bits per heavy atom. The van der Waals surface area contributed by atoms with Crippen molar-refractivity contribution in [1.29, 1.82) is 0 Å². The number of benzene rings is 3. The molecule has 0 unspecified atom stereocenters. The summed E-state index contributed by atoms with van der Waals surface area (Å²) in [6.45, 7) is 25.7. The molecule has 0 aliphatic heterocycles. The van der Waals surface area contributed by atoms with Gasteiger partial charge in [0.1, 0.15) is 0 Å². The van der Waals surface area contributed by atoms with Crippen LogP contribution in [0, 0.1) is 0 Å². The van der Waals surface area contributed by atoms with Crippen molar-refractivity contribution in [2.24, 2.45) is 0 Å². The van der Waals surface area contributed by atoms with Crippen molar-refractivity contribution in [2.75, 3.05) is 27.4 Å². The van der Waals surface area contributed by atoms with E-state index in [1.165, 1.54) is 27.9 Å². The molecule has 3 aromatic rings. The number of hydrogen-bond acceptors (Lipinski definition) is 2. The van der Waals surface area contributed by atoms with Crippen LogP contribution in [0.5, 0.6) is 0 Å². The van der Waals surface area contributed by atoms with E-state index in [-0.39, 0.29) is 23.1 Å². The third-order valence-electron chi connectivity index (χ3n) is 7.96. The molecule has 2 N–H and O–H groups in total. The number of allylic oxidation sites excluding steroid dienone is 3. The SMILES string of the molecule is CC(/C=C(/C)[N-]c1c(C(C)C)cccc1C(C)C)=[NH+]c1c(C(C)C)cccc1C(C)C.CCC/C=C(\[NH-])c1ccccc1.COCCOC.[Mg+2]. The van der Waals surface area contributed by atoms with E-state index in [9.17, 15) is 0 Å². The molecule has 0 amide bonds. The van der Waals surface area contributed by atoms with Gasteiger partial charge >= 0.3 is 23.1 Å². The summed E-state index contributed by atoms with van der Waals surface area (Å²) in [4.78, 5) is 3.71. The largest absolute Gasteiger partial charge is 2.00 e. The van der Waals surface area contributed by atoms with Crippen LogP contribution in [0.15, 0.2) is 84.6 Å². The number of hydrogen-bond donors (Lipinski definition) is 1. The number of methoxy groups -OCH3 is 2. The van der Waals surface area contributed by atoms with Crippen LogP contribution in [0.25, 0.3) is 16.7 Å². The van der Waals surface area contributed by atoms with Gasteiger partial charge in [-0.3, -0.25) is 0 Å². The molecule has 6 heteroatoms. The maximum atomic E-state index is 7.68. The Kier molecular flexibility index (Phi) is 24.4. The molecule has 0 heterocycles. The van der Waals surface area contributed by atoms with E-state index in [4.69, 9.17) is 11.1 Å². The fourth-order valence-corrected chi connectivity index (χ4v) is 5.28. The number of nitrogens with zero attached hydrogens (tertiary/aromatic N) is 1. The normalized spacial score (nSPS) is 12.0. The van der Waals surface area contributed by atoms with Crippen LogP contribution < -0.4 is 4.99 Å². The predicted octanol–water partition coefficient (Wildman–Crippen LogP) is 11.7. The average molecular weight is 693 g/mol. The summed E-state index contributed by atoms with van der Waals surface area (Å²) in [5, 5.41) is 5.10. The molecule has 50 heavy (non-hydrogen) atoms. The summed E-state index contributed by atoms with van der Waals surface area (Å²) >= 11 is 0. The van der Waals surface area contributed by atoms with Gasteiger partial charge in [-0.15, -0.1) is 11.4 Å². The molecule has 3 aromatic carbocycles. The first-order chi connectivity index (χ1) is 23.3. The summed E-state index contributed by atoms with van der Waals surface area (Å²) in [7, 11) is 3.30. The Hall–Kier alpha value is -2.90. The minimum Gasteiger partial charge on any atom is -0.698 e. The van der Waals surface area contributed by atoms with E-state index in [1.807, 2.05) is 36.4 Å². The van der Waals surface area contributed by atoms with Gasteiger partial charge in [-0.05, 0) is 41.7 Å². The minimum absolute atomic E-state index is 0. The number of para-hydroxylation sites is 2. The van der Waals surface area contributed by atoms with Crippen LogP contribution in [0.3, 0.4) is 0 Å². The molecule has 0 saturated carbocycles. The summed E-state index contributed by atoms with van der Waals surface area (Å²) in [5.74, 6) is 1.82. The molecule has 0 fully saturated rings. The number of rotatable bonds is 14. The van der Waals surface area contributed by atoms with Crippen LogP contribution in [0.2, 0.25) is 0 Å².